The smallest absolute Gasteiger partial charge is 0.358 e. The highest BCUT2D eigenvalue weighted by Gasteiger charge is 2.37. The van der Waals surface area contributed by atoms with Gasteiger partial charge in [0.25, 0.3) is 10.2 Å². The van der Waals surface area contributed by atoms with E-state index in [1.54, 1.807) is 0 Å². The van der Waals surface area contributed by atoms with Crippen LogP contribution in [-0.4, -0.2) is 58.4 Å². The monoisotopic (exact) mass is 303 g/mol. The number of rotatable bonds is 6. The van der Waals surface area contributed by atoms with Gasteiger partial charge in [0.15, 0.2) is 5.69 Å². The second-order valence-corrected chi connectivity index (χ2v) is 6.86. The number of hydrogen-bond donors (Lipinski definition) is 2. The number of aromatic carboxylic acids is 1. The molecule has 1 aliphatic rings. The maximum atomic E-state index is 11.9. The Kier molecular flexibility index (Phi) is 4.06. The molecular formula is C10H17N5O4S. The van der Waals surface area contributed by atoms with E-state index < -0.39 is 16.2 Å². The fourth-order valence-corrected chi connectivity index (χ4v) is 3.16. The zero-order valence-corrected chi connectivity index (χ0v) is 12.0. The molecule has 10 heteroatoms. The predicted molar refractivity (Wildman–Crippen MR) is 69.4 cm³/mol. The van der Waals surface area contributed by atoms with Gasteiger partial charge in [0.1, 0.15) is 0 Å². The Morgan fingerprint density at radius 1 is 1.55 bits per heavy atom. The first-order chi connectivity index (χ1) is 9.29. The molecule has 1 aromatic rings. The Morgan fingerprint density at radius 3 is 2.70 bits per heavy atom. The number of carboxylic acids is 1. The molecular weight excluding hydrogens is 286 g/mol. The Morgan fingerprint density at radius 2 is 2.20 bits per heavy atom. The first kappa shape index (κ1) is 14.9. The second kappa shape index (κ2) is 5.46. The van der Waals surface area contributed by atoms with Crippen molar-refractivity contribution in [3.05, 3.63) is 11.9 Å². The highest BCUT2D eigenvalue weighted by Crippen LogP contribution is 2.22. The largest absolute Gasteiger partial charge is 0.476 e. The molecule has 0 amide bonds. The molecule has 2 N–H and O–H groups in total. The molecule has 1 aromatic heterocycles. The minimum Gasteiger partial charge on any atom is -0.476 e. The first-order valence-electron chi connectivity index (χ1n) is 6.19. The predicted octanol–water partition coefficient (Wildman–Crippen LogP) is -0.677. The lowest BCUT2D eigenvalue weighted by Crippen LogP contribution is -2.54. The van der Waals surface area contributed by atoms with Crippen molar-refractivity contribution in [2.75, 3.05) is 19.6 Å². The molecule has 1 fully saturated rings. The van der Waals surface area contributed by atoms with Crippen LogP contribution in [0.15, 0.2) is 6.20 Å². The van der Waals surface area contributed by atoms with Crippen LogP contribution in [0.5, 0.6) is 0 Å². The van der Waals surface area contributed by atoms with Gasteiger partial charge in [-0.2, -0.15) is 12.7 Å². The molecule has 20 heavy (non-hydrogen) atoms. The Balaban J connectivity index is 1.91. The number of nitrogens with zero attached hydrogens (tertiary/aromatic N) is 4. The fraction of sp³-hybridized carbons (Fsp3) is 0.700. The van der Waals surface area contributed by atoms with Crippen molar-refractivity contribution in [2.24, 2.45) is 5.92 Å². The Hall–Kier alpha value is -1.52. The second-order valence-electron chi connectivity index (χ2n) is 5.11. The van der Waals surface area contributed by atoms with Gasteiger partial charge in [-0.05, 0) is 5.92 Å². The number of aromatic nitrogens is 3. The minimum atomic E-state index is -3.46. The van der Waals surface area contributed by atoms with Crippen molar-refractivity contribution in [1.82, 2.24) is 24.0 Å². The van der Waals surface area contributed by atoms with Crippen LogP contribution in [0.2, 0.25) is 0 Å². The number of nitrogens with one attached hydrogen (secondary N) is 1. The maximum Gasteiger partial charge on any atom is 0.358 e. The molecule has 2 rings (SSSR count). The lowest BCUT2D eigenvalue weighted by atomic mass is 10.2. The lowest BCUT2D eigenvalue weighted by Gasteiger charge is -2.37. The van der Waals surface area contributed by atoms with Crippen molar-refractivity contribution in [1.29, 1.82) is 0 Å². The molecule has 1 aliphatic heterocycles. The Labute approximate surface area is 116 Å². The van der Waals surface area contributed by atoms with Crippen LogP contribution in [0.25, 0.3) is 0 Å². The zero-order valence-electron chi connectivity index (χ0n) is 11.2. The highest BCUT2D eigenvalue weighted by molar-refractivity contribution is 7.87. The van der Waals surface area contributed by atoms with Crippen LogP contribution in [0.4, 0.5) is 0 Å². The molecule has 0 aliphatic carbocycles. The number of carboxylic acid groups (broad SMARTS) is 1. The summed E-state index contributed by atoms with van der Waals surface area (Å²) in [5.41, 5.74) is -0.149. The minimum absolute atomic E-state index is 0.149. The molecule has 1 saturated heterocycles. The fourth-order valence-electron chi connectivity index (χ4n) is 1.70. The van der Waals surface area contributed by atoms with E-state index >= 15 is 0 Å². The van der Waals surface area contributed by atoms with Crippen molar-refractivity contribution < 1.29 is 18.3 Å². The van der Waals surface area contributed by atoms with E-state index in [0.29, 0.717) is 6.54 Å². The van der Waals surface area contributed by atoms with Crippen molar-refractivity contribution in [3.63, 3.8) is 0 Å². The lowest BCUT2D eigenvalue weighted by molar-refractivity contribution is 0.0690. The zero-order chi connectivity index (χ0) is 14.9. The molecule has 0 unspecified atom stereocenters. The molecule has 0 spiro atoms. The standard InChI is InChI=1S/C10H17N5O4S/c1-7(2)3-11-20(18,19)14-4-8(5-14)15-6-9(10(16)17)12-13-15/h6-8,11H,3-5H2,1-2H3,(H,16,17). The van der Waals surface area contributed by atoms with Crippen LogP contribution < -0.4 is 4.72 Å². The topological polar surface area (TPSA) is 117 Å². The van der Waals surface area contributed by atoms with Gasteiger partial charge in [-0.3, -0.25) is 0 Å². The first-order valence-corrected chi connectivity index (χ1v) is 7.63. The summed E-state index contributed by atoms with van der Waals surface area (Å²) in [6.45, 7) is 4.75. The average Bonchev–Trinajstić information content (AvgIpc) is 2.73. The van der Waals surface area contributed by atoms with Crippen molar-refractivity contribution in [2.45, 2.75) is 19.9 Å². The van der Waals surface area contributed by atoms with Gasteiger partial charge in [0.2, 0.25) is 0 Å². The van der Waals surface area contributed by atoms with Crippen LogP contribution in [0.3, 0.4) is 0 Å². The average molecular weight is 303 g/mol. The molecule has 2 heterocycles. The van der Waals surface area contributed by atoms with Gasteiger partial charge in [0, 0.05) is 19.6 Å². The SMILES string of the molecule is CC(C)CNS(=O)(=O)N1CC(n2cc(C(=O)O)nn2)C1. The maximum absolute atomic E-state index is 11.9. The molecule has 0 bridgehead atoms. The van der Waals surface area contributed by atoms with Crippen LogP contribution in [-0.2, 0) is 10.2 Å². The summed E-state index contributed by atoms with van der Waals surface area (Å²) in [7, 11) is -3.46. The third kappa shape index (κ3) is 3.14. The van der Waals surface area contributed by atoms with E-state index in [1.165, 1.54) is 15.2 Å². The Bertz CT molecular complexity index is 591. The van der Waals surface area contributed by atoms with E-state index in [-0.39, 0.29) is 30.7 Å². The van der Waals surface area contributed by atoms with E-state index in [4.69, 9.17) is 5.11 Å². The van der Waals surface area contributed by atoms with Gasteiger partial charge in [-0.25, -0.2) is 14.2 Å². The molecule has 0 radical (unpaired) electrons. The van der Waals surface area contributed by atoms with Gasteiger partial charge in [0.05, 0.1) is 12.2 Å². The number of hydrogen-bond acceptors (Lipinski definition) is 5. The van der Waals surface area contributed by atoms with Gasteiger partial charge >= 0.3 is 5.97 Å². The molecule has 0 atom stereocenters. The molecule has 112 valence electrons. The molecule has 0 aromatic carbocycles. The van der Waals surface area contributed by atoms with E-state index in [1.807, 2.05) is 13.8 Å². The van der Waals surface area contributed by atoms with Gasteiger partial charge < -0.3 is 5.11 Å². The summed E-state index contributed by atoms with van der Waals surface area (Å²) < 4.78 is 29.0. The number of carbonyl (C=O) groups is 1. The third-order valence-corrected chi connectivity index (χ3v) is 4.46. The van der Waals surface area contributed by atoms with E-state index in [9.17, 15) is 13.2 Å². The quantitative estimate of drug-likeness (QED) is 0.719. The highest BCUT2D eigenvalue weighted by atomic mass is 32.2. The van der Waals surface area contributed by atoms with Crippen molar-refractivity contribution >= 4 is 16.2 Å². The van der Waals surface area contributed by atoms with E-state index in [0.717, 1.165) is 0 Å². The summed E-state index contributed by atoms with van der Waals surface area (Å²) in [5.74, 6) is -0.922. The molecule has 9 nitrogen and oxygen atoms in total. The normalized spacial score (nSPS) is 17.4. The van der Waals surface area contributed by atoms with Crippen LogP contribution >= 0.6 is 0 Å². The summed E-state index contributed by atoms with van der Waals surface area (Å²) >= 11 is 0. The summed E-state index contributed by atoms with van der Waals surface area (Å²) in [6, 6.07) is -0.175. The van der Waals surface area contributed by atoms with E-state index in [2.05, 4.69) is 15.0 Å². The van der Waals surface area contributed by atoms with Crippen molar-refractivity contribution in [3.8, 4) is 0 Å². The molecule has 0 saturated carbocycles. The summed E-state index contributed by atoms with van der Waals surface area (Å²) in [6.07, 6.45) is 1.30. The van der Waals surface area contributed by atoms with Gasteiger partial charge in [-0.1, -0.05) is 19.1 Å². The van der Waals surface area contributed by atoms with Crippen LogP contribution in [0, 0.1) is 5.92 Å². The van der Waals surface area contributed by atoms with Crippen LogP contribution in [0.1, 0.15) is 30.4 Å². The third-order valence-electron chi connectivity index (χ3n) is 2.95. The summed E-state index contributed by atoms with van der Waals surface area (Å²) in [5, 5.41) is 15.9. The summed E-state index contributed by atoms with van der Waals surface area (Å²) in [4.78, 5) is 10.7. The van der Waals surface area contributed by atoms with Gasteiger partial charge in [-0.15, -0.1) is 5.10 Å².